The SMILES string of the molecule is CC(C)C[C@H](O)[C@H](O)[C@H](CC1CCCCC1)N(CC1CC1)C(=O)CCC(=O)NC[C@H](C)c1ccccc1. The molecule has 3 rings (SSSR count). The molecule has 37 heavy (non-hydrogen) atoms. The van der Waals surface area contributed by atoms with Crippen LogP contribution in [0, 0.1) is 17.8 Å². The van der Waals surface area contributed by atoms with Gasteiger partial charge in [-0.3, -0.25) is 9.59 Å². The van der Waals surface area contributed by atoms with Crippen LogP contribution in [0.15, 0.2) is 30.3 Å². The van der Waals surface area contributed by atoms with Gasteiger partial charge in [0.25, 0.3) is 0 Å². The topological polar surface area (TPSA) is 89.9 Å². The van der Waals surface area contributed by atoms with E-state index < -0.39 is 18.2 Å². The molecule has 3 N–H and O–H groups in total. The lowest BCUT2D eigenvalue weighted by atomic mass is 9.81. The first-order valence-electron chi connectivity index (χ1n) is 14.7. The van der Waals surface area contributed by atoms with Gasteiger partial charge in [0.05, 0.1) is 12.1 Å². The first kappa shape index (κ1) is 29.6. The number of hydrogen-bond donors (Lipinski definition) is 3. The molecule has 2 aliphatic carbocycles. The summed E-state index contributed by atoms with van der Waals surface area (Å²) in [5.74, 6) is 1.20. The lowest BCUT2D eigenvalue weighted by Gasteiger charge is -2.40. The number of hydrogen-bond acceptors (Lipinski definition) is 4. The summed E-state index contributed by atoms with van der Waals surface area (Å²) in [6.07, 6.45) is 7.78. The Morgan fingerprint density at radius 2 is 1.62 bits per heavy atom. The summed E-state index contributed by atoms with van der Waals surface area (Å²) >= 11 is 0. The summed E-state index contributed by atoms with van der Waals surface area (Å²) < 4.78 is 0. The van der Waals surface area contributed by atoms with Crippen molar-refractivity contribution in [1.29, 1.82) is 0 Å². The molecule has 2 saturated carbocycles. The molecule has 2 amide bonds. The summed E-state index contributed by atoms with van der Waals surface area (Å²) in [4.78, 5) is 28.0. The average molecular weight is 515 g/mol. The van der Waals surface area contributed by atoms with E-state index in [1.54, 1.807) is 0 Å². The summed E-state index contributed by atoms with van der Waals surface area (Å²) in [6, 6.07) is 9.69. The number of carbonyl (C=O) groups is 2. The molecule has 6 nitrogen and oxygen atoms in total. The molecule has 2 fully saturated rings. The van der Waals surface area contributed by atoms with Crippen LogP contribution in [0.5, 0.6) is 0 Å². The molecule has 0 heterocycles. The average Bonchev–Trinajstić information content (AvgIpc) is 3.72. The number of nitrogens with zero attached hydrogens (tertiary/aromatic N) is 1. The lowest BCUT2D eigenvalue weighted by molar-refractivity contribution is -0.141. The largest absolute Gasteiger partial charge is 0.390 e. The Bertz CT molecular complexity index is 820. The predicted molar refractivity (Wildman–Crippen MR) is 148 cm³/mol. The molecule has 2 aliphatic rings. The Balaban J connectivity index is 1.62. The van der Waals surface area contributed by atoms with Gasteiger partial charge in [0.2, 0.25) is 11.8 Å². The van der Waals surface area contributed by atoms with Crippen LogP contribution in [0.25, 0.3) is 0 Å². The quantitative estimate of drug-likeness (QED) is 0.306. The first-order valence-corrected chi connectivity index (χ1v) is 14.7. The van der Waals surface area contributed by atoms with E-state index in [2.05, 4.69) is 24.4 Å². The second-order valence-electron chi connectivity index (χ2n) is 12.1. The van der Waals surface area contributed by atoms with E-state index in [-0.39, 0.29) is 36.5 Å². The molecular formula is C31H50N2O4. The monoisotopic (exact) mass is 514 g/mol. The highest BCUT2D eigenvalue weighted by Gasteiger charge is 2.38. The minimum Gasteiger partial charge on any atom is -0.390 e. The van der Waals surface area contributed by atoms with Crippen LogP contribution in [-0.2, 0) is 9.59 Å². The standard InChI is InChI=1S/C31H50N2O4/c1-22(2)18-28(34)31(37)27(19-24-10-6-4-7-11-24)33(21-25-14-15-25)30(36)17-16-29(35)32-20-23(3)26-12-8-5-9-13-26/h5,8-9,12-13,22-25,27-28,31,34,37H,4,6-7,10-11,14-21H2,1-3H3,(H,32,35)/t23-,27-,28-,31+/m0/s1. The van der Waals surface area contributed by atoms with E-state index in [0.717, 1.165) is 32.1 Å². The summed E-state index contributed by atoms with van der Waals surface area (Å²) in [5, 5.41) is 25.2. The minimum atomic E-state index is -0.965. The van der Waals surface area contributed by atoms with Crippen LogP contribution in [0.2, 0.25) is 0 Å². The Morgan fingerprint density at radius 1 is 0.946 bits per heavy atom. The van der Waals surface area contributed by atoms with Gasteiger partial charge < -0.3 is 20.4 Å². The smallest absolute Gasteiger partial charge is 0.223 e. The summed E-state index contributed by atoms with van der Waals surface area (Å²) in [7, 11) is 0. The lowest BCUT2D eigenvalue weighted by Crippen LogP contribution is -2.53. The number of benzene rings is 1. The molecule has 1 aromatic carbocycles. The van der Waals surface area contributed by atoms with Gasteiger partial charge >= 0.3 is 0 Å². The number of amides is 2. The predicted octanol–water partition coefficient (Wildman–Crippen LogP) is 5.03. The van der Waals surface area contributed by atoms with Crippen molar-refractivity contribution < 1.29 is 19.8 Å². The highest BCUT2D eigenvalue weighted by Crippen LogP contribution is 2.35. The van der Waals surface area contributed by atoms with E-state index in [9.17, 15) is 19.8 Å². The normalized spacial score (nSPS) is 19.7. The van der Waals surface area contributed by atoms with Gasteiger partial charge in [0.1, 0.15) is 6.10 Å². The van der Waals surface area contributed by atoms with Crippen LogP contribution in [0.3, 0.4) is 0 Å². The van der Waals surface area contributed by atoms with Crippen molar-refractivity contribution in [3.8, 4) is 0 Å². The molecule has 0 unspecified atom stereocenters. The highest BCUT2D eigenvalue weighted by atomic mass is 16.3. The minimum absolute atomic E-state index is 0.0743. The van der Waals surface area contributed by atoms with Crippen LogP contribution < -0.4 is 5.32 Å². The second kappa shape index (κ2) is 14.9. The number of aliphatic hydroxyl groups excluding tert-OH is 2. The van der Waals surface area contributed by atoms with Gasteiger partial charge in [-0.15, -0.1) is 0 Å². The third-order valence-electron chi connectivity index (χ3n) is 8.21. The highest BCUT2D eigenvalue weighted by molar-refractivity contribution is 5.84. The molecule has 0 spiro atoms. The van der Waals surface area contributed by atoms with Crippen molar-refractivity contribution in [1.82, 2.24) is 10.2 Å². The Labute approximate surface area is 224 Å². The molecule has 208 valence electrons. The second-order valence-corrected chi connectivity index (χ2v) is 12.1. The molecule has 1 aromatic rings. The van der Waals surface area contributed by atoms with E-state index in [0.29, 0.717) is 31.3 Å². The summed E-state index contributed by atoms with van der Waals surface area (Å²) in [5.41, 5.74) is 1.17. The van der Waals surface area contributed by atoms with Crippen molar-refractivity contribution >= 4 is 11.8 Å². The van der Waals surface area contributed by atoms with Crippen LogP contribution in [0.4, 0.5) is 0 Å². The van der Waals surface area contributed by atoms with Crippen molar-refractivity contribution in [3.05, 3.63) is 35.9 Å². The number of aliphatic hydroxyl groups is 2. The zero-order valence-corrected chi connectivity index (χ0v) is 23.3. The fourth-order valence-corrected chi connectivity index (χ4v) is 5.71. The first-order chi connectivity index (χ1) is 17.7. The zero-order chi connectivity index (χ0) is 26.8. The van der Waals surface area contributed by atoms with Crippen LogP contribution in [0.1, 0.15) is 103 Å². The Hall–Kier alpha value is -1.92. The zero-order valence-electron chi connectivity index (χ0n) is 23.3. The molecule has 0 aromatic heterocycles. The van der Waals surface area contributed by atoms with Gasteiger partial charge in [-0.1, -0.05) is 83.2 Å². The molecular weight excluding hydrogens is 464 g/mol. The maximum atomic E-state index is 13.6. The third-order valence-corrected chi connectivity index (χ3v) is 8.21. The fourth-order valence-electron chi connectivity index (χ4n) is 5.71. The van der Waals surface area contributed by atoms with E-state index >= 15 is 0 Å². The van der Waals surface area contributed by atoms with Gasteiger partial charge in [-0.25, -0.2) is 0 Å². The van der Waals surface area contributed by atoms with Crippen LogP contribution >= 0.6 is 0 Å². The molecule has 0 radical (unpaired) electrons. The molecule has 6 heteroatoms. The van der Waals surface area contributed by atoms with Gasteiger partial charge in [0.15, 0.2) is 0 Å². The van der Waals surface area contributed by atoms with Crippen molar-refractivity contribution in [2.75, 3.05) is 13.1 Å². The van der Waals surface area contributed by atoms with E-state index in [1.807, 2.05) is 36.9 Å². The van der Waals surface area contributed by atoms with Crippen LogP contribution in [-0.4, -0.2) is 58.3 Å². The van der Waals surface area contributed by atoms with Gasteiger partial charge in [0, 0.05) is 25.9 Å². The molecule has 0 bridgehead atoms. The third kappa shape index (κ3) is 10.0. The summed E-state index contributed by atoms with van der Waals surface area (Å²) in [6.45, 7) is 7.31. The number of carbonyl (C=O) groups excluding carboxylic acids is 2. The fraction of sp³-hybridized carbons (Fsp3) is 0.742. The molecule has 0 aliphatic heterocycles. The van der Waals surface area contributed by atoms with E-state index in [4.69, 9.17) is 0 Å². The molecule has 0 saturated heterocycles. The molecule has 4 atom stereocenters. The Morgan fingerprint density at radius 3 is 2.24 bits per heavy atom. The van der Waals surface area contributed by atoms with Crippen molar-refractivity contribution in [3.63, 3.8) is 0 Å². The van der Waals surface area contributed by atoms with Gasteiger partial charge in [-0.2, -0.15) is 0 Å². The van der Waals surface area contributed by atoms with Crippen molar-refractivity contribution in [2.45, 2.75) is 116 Å². The van der Waals surface area contributed by atoms with Crippen molar-refractivity contribution in [2.24, 2.45) is 17.8 Å². The Kier molecular flexibility index (Phi) is 11.9. The van der Waals surface area contributed by atoms with E-state index in [1.165, 1.54) is 24.8 Å². The number of nitrogens with one attached hydrogen (secondary N) is 1. The maximum Gasteiger partial charge on any atom is 0.223 e. The van der Waals surface area contributed by atoms with Gasteiger partial charge in [-0.05, 0) is 54.9 Å². The number of rotatable bonds is 15. The maximum absolute atomic E-state index is 13.6.